The summed E-state index contributed by atoms with van der Waals surface area (Å²) in [7, 11) is 0. The lowest BCUT2D eigenvalue weighted by molar-refractivity contribution is 0.722. The molecule has 0 aliphatic rings. The summed E-state index contributed by atoms with van der Waals surface area (Å²) >= 11 is 3.54. The van der Waals surface area contributed by atoms with Crippen LogP contribution < -0.4 is 5.73 Å². The predicted octanol–water partition coefficient (Wildman–Crippen LogP) is 4.48. The SMILES string of the molecule is Cc1[nH]c2ccc(Br)cc2c1C[C@H](N)c1ccccc1. The van der Waals surface area contributed by atoms with E-state index in [0.717, 1.165) is 10.9 Å². The maximum Gasteiger partial charge on any atom is 0.0459 e. The molecule has 0 amide bonds. The lowest BCUT2D eigenvalue weighted by Gasteiger charge is -2.12. The van der Waals surface area contributed by atoms with E-state index in [1.165, 1.54) is 27.7 Å². The normalized spacial score (nSPS) is 12.8. The van der Waals surface area contributed by atoms with Gasteiger partial charge in [-0.15, -0.1) is 0 Å². The molecule has 3 rings (SSSR count). The number of hydrogen-bond donors (Lipinski definition) is 2. The Balaban J connectivity index is 1.98. The van der Waals surface area contributed by atoms with Gasteiger partial charge in [-0.1, -0.05) is 46.3 Å². The fraction of sp³-hybridized carbons (Fsp3) is 0.176. The molecule has 0 aliphatic heterocycles. The third-order valence-electron chi connectivity index (χ3n) is 3.73. The van der Waals surface area contributed by atoms with Crippen LogP contribution in [0.15, 0.2) is 53.0 Å². The molecule has 1 aromatic heterocycles. The fourth-order valence-corrected chi connectivity index (χ4v) is 3.02. The Labute approximate surface area is 127 Å². The van der Waals surface area contributed by atoms with Crippen LogP contribution in [0, 0.1) is 6.92 Å². The van der Waals surface area contributed by atoms with Crippen molar-refractivity contribution in [2.45, 2.75) is 19.4 Å². The zero-order valence-electron chi connectivity index (χ0n) is 11.4. The number of rotatable bonds is 3. The van der Waals surface area contributed by atoms with E-state index in [2.05, 4.69) is 58.2 Å². The zero-order chi connectivity index (χ0) is 14.1. The number of benzene rings is 2. The van der Waals surface area contributed by atoms with E-state index in [-0.39, 0.29) is 6.04 Å². The monoisotopic (exact) mass is 328 g/mol. The number of fused-ring (bicyclic) bond motifs is 1. The molecule has 3 N–H and O–H groups in total. The van der Waals surface area contributed by atoms with Crippen LogP contribution in [0.25, 0.3) is 10.9 Å². The van der Waals surface area contributed by atoms with Crippen LogP contribution in [0.1, 0.15) is 22.9 Å². The Bertz CT molecular complexity index is 731. The molecule has 20 heavy (non-hydrogen) atoms. The molecule has 3 aromatic rings. The number of hydrogen-bond acceptors (Lipinski definition) is 1. The first-order chi connectivity index (χ1) is 9.65. The van der Waals surface area contributed by atoms with E-state index >= 15 is 0 Å². The Morgan fingerprint density at radius 2 is 1.90 bits per heavy atom. The summed E-state index contributed by atoms with van der Waals surface area (Å²) < 4.78 is 1.10. The van der Waals surface area contributed by atoms with E-state index in [0.29, 0.717) is 0 Å². The summed E-state index contributed by atoms with van der Waals surface area (Å²) in [6.07, 6.45) is 0.840. The Kier molecular flexibility index (Phi) is 3.64. The second kappa shape index (κ2) is 5.43. The first-order valence-corrected chi connectivity index (χ1v) is 7.51. The minimum absolute atomic E-state index is 0.0212. The standard InChI is InChI=1S/C17H17BrN2/c1-11-14(10-16(19)12-5-3-2-4-6-12)15-9-13(18)7-8-17(15)20-11/h2-9,16,20H,10,19H2,1H3/t16-/m0/s1. The Morgan fingerprint density at radius 3 is 2.65 bits per heavy atom. The summed E-state index contributed by atoms with van der Waals surface area (Å²) in [5, 5.41) is 1.25. The van der Waals surface area contributed by atoms with Crippen molar-refractivity contribution in [2.75, 3.05) is 0 Å². The molecular weight excluding hydrogens is 312 g/mol. The van der Waals surface area contributed by atoms with Crippen molar-refractivity contribution in [3.8, 4) is 0 Å². The molecule has 2 nitrogen and oxygen atoms in total. The number of aromatic nitrogens is 1. The topological polar surface area (TPSA) is 41.8 Å². The highest BCUT2D eigenvalue weighted by Gasteiger charge is 2.13. The molecule has 1 atom stereocenters. The first-order valence-electron chi connectivity index (χ1n) is 6.72. The maximum atomic E-state index is 6.36. The number of H-pyrrole nitrogens is 1. The van der Waals surface area contributed by atoms with Gasteiger partial charge in [-0.25, -0.2) is 0 Å². The highest BCUT2D eigenvalue weighted by Crippen LogP contribution is 2.28. The number of aromatic amines is 1. The van der Waals surface area contributed by atoms with E-state index in [1.807, 2.05) is 18.2 Å². The zero-order valence-corrected chi connectivity index (χ0v) is 12.9. The van der Waals surface area contributed by atoms with E-state index < -0.39 is 0 Å². The van der Waals surface area contributed by atoms with E-state index in [1.54, 1.807) is 0 Å². The van der Waals surface area contributed by atoms with Crippen molar-refractivity contribution in [1.29, 1.82) is 0 Å². The molecule has 0 aliphatic carbocycles. The van der Waals surface area contributed by atoms with Crippen molar-refractivity contribution in [1.82, 2.24) is 4.98 Å². The molecule has 0 fully saturated rings. The van der Waals surface area contributed by atoms with Crippen molar-refractivity contribution in [3.05, 3.63) is 69.8 Å². The largest absolute Gasteiger partial charge is 0.358 e. The molecule has 0 saturated heterocycles. The lowest BCUT2D eigenvalue weighted by Crippen LogP contribution is -2.13. The van der Waals surface area contributed by atoms with Gasteiger partial charge in [0, 0.05) is 27.1 Å². The van der Waals surface area contributed by atoms with Gasteiger partial charge in [-0.2, -0.15) is 0 Å². The van der Waals surface area contributed by atoms with Crippen LogP contribution in [0.4, 0.5) is 0 Å². The third-order valence-corrected chi connectivity index (χ3v) is 4.23. The van der Waals surface area contributed by atoms with Gasteiger partial charge in [0.2, 0.25) is 0 Å². The molecule has 0 radical (unpaired) electrons. The second-order valence-corrected chi connectivity index (χ2v) is 6.06. The minimum atomic E-state index is 0.0212. The molecule has 0 spiro atoms. The molecule has 0 bridgehead atoms. The average molecular weight is 329 g/mol. The fourth-order valence-electron chi connectivity index (χ4n) is 2.66. The Hall–Kier alpha value is -1.58. The van der Waals surface area contributed by atoms with Crippen LogP contribution >= 0.6 is 15.9 Å². The number of nitrogens with one attached hydrogen (secondary N) is 1. The molecule has 102 valence electrons. The summed E-state index contributed by atoms with van der Waals surface area (Å²) in [6.45, 7) is 2.11. The summed E-state index contributed by atoms with van der Waals surface area (Å²) in [5.74, 6) is 0. The van der Waals surface area contributed by atoms with Gasteiger partial charge < -0.3 is 10.7 Å². The van der Waals surface area contributed by atoms with Gasteiger partial charge in [-0.3, -0.25) is 0 Å². The van der Waals surface area contributed by atoms with Crippen LogP contribution in [0.2, 0.25) is 0 Å². The molecule has 0 unspecified atom stereocenters. The summed E-state index contributed by atoms with van der Waals surface area (Å²) in [4.78, 5) is 3.43. The molecule has 3 heteroatoms. The number of aryl methyl sites for hydroxylation is 1. The smallest absolute Gasteiger partial charge is 0.0459 e. The van der Waals surface area contributed by atoms with Crippen LogP contribution in [0.3, 0.4) is 0 Å². The Morgan fingerprint density at radius 1 is 1.15 bits per heavy atom. The van der Waals surface area contributed by atoms with E-state index in [4.69, 9.17) is 5.73 Å². The quantitative estimate of drug-likeness (QED) is 0.731. The van der Waals surface area contributed by atoms with Crippen molar-refractivity contribution < 1.29 is 0 Å². The average Bonchev–Trinajstić information content (AvgIpc) is 2.76. The second-order valence-electron chi connectivity index (χ2n) is 5.14. The summed E-state index contributed by atoms with van der Waals surface area (Å²) in [5.41, 5.74) is 11.2. The summed E-state index contributed by atoms with van der Waals surface area (Å²) in [6, 6.07) is 16.6. The minimum Gasteiger partial charge on any atom is -0.358 e. The maximum absolute atomic E-state index is 6.36. The predicted molar refractivity (Wildman–Crippen MR) is 87.8 cm³/mol. The van der Waals surface area contributed by atoms with Crippen molar-refractivity contribution >= 4 is 26.8 Å². The van der Waals surface area contributed by atoms with Gasteiger partial charge in [-0.05, 0) is 42.7 Å². The van der Waals surface area contributed by atoms with Crippen LogP contribution in [0.5, 0.6) is 0 Å². The van der Waals surface area contributed by atoms with Gasteiger partial charge in [0.05, 0.1) is 0 Å². The van der Waals surface area contributed by atoms with Gasteiger partial charge in [0.15, 0.2) is 0 Å². The highest BCUT2D eigenvalue weighted by molar-refractivity contribution is 9.10. The number of halogens is 1. The van der Waals surface area contributed by atoms with Gasteiger partial charge in [0.1, 0.15) is 0 Å². The van der Waals surface area contributed by atoms with Crippen LogP contribution in [-0.2, 0) is 6.42 Å². The molecule has 1 heterocycles. The van der Waals surface area contributed by atoms with Crippen molar-refractivity contribution in [3.63, 3.8) is 0 Å². The van der Waals surface area contributed by atoms with Gasteiger partial charge in [0.25, 0.3) is 0 Å². The molecular formula is C17H17BrN2. The van der Waals surface area contributed by atoms with Crippen LogP contribution in [-0.4, -0.2) is 4.98 Å². The third kappa shape index (κ3) is 2.51. The molecule has 0 saturated carbocycles. The van der Waals surface area contributed by atoms with E-state index in [9.17, 15) is 0 Å². The highest BCUT2D eigenvalue weighted by atomic mass is 79.9. The lowest BCUT2D eigenvalue weighted by atomic mass is 9.98. The first kappa shape index (κ1) is 13.4. The molecule has 2 aromatic carbocycles. The number of nitrogens with two attached hydrogens (primary N) is 1. The van der Waals surface area contributed by atoms with Gasteiger partial charge >= 0.3 is 0 Å². The van der Waals surface area contributed by atoms with Crippen molar-refractivity contribution in [2.24, 2.45) is 5.73 Å².